The zero-order chi connectivity index (χ0) is 17.7. The van der Waals surface area contributed by atoms with Gasteiger partial charge in [0.15, 0.2) is 0 Å². The zero-order valence-electron chi connectivity index (χ0n) is 13.2. The van der Waals surface area contributed by atoms with E-state index in [-0.39, 0.29) is 21.7 Å². The van der Waals surface area contributed by atoms with Crippen molar-refractivity contribution in [2.24, 2.45) is 5.73 Å². The molecule has 0 aromatic heterocycles. The molecular formula is C17H16N2O4S. The molecule has 1 aromatic carbocycles. The third-order valence-corrected chi connectivity index (χ3v) is 4.64. The molecule has 24 heavy (non-hydrogen) atoms. The number of benzene rings is 1. The second-order valence-electron chi connectivity index (χ2n) is 4.90. The largest absolute Gasteiger partial charge is 0.465 e. The first-order chi connectivity index (χ1) is 11.5. The molecule has 1 atom stereocenters. The first-order valence-corrected chi connectivity index (χ1v) is 8.02. The molecule has 0 unspecified atom stereocenters. The highest BCUT2D eigenvalue weighted by Crippen LogP contribution is 2.39. The number of allylic oxidation sites excluding steroid dienone is 1. The number of nitrogens with zero attached hydrogens (tertiary/aromatic N) is 1. The lowest BCUT2D eigenvalue weighted by atomic mass is 9.87. The highest BCUT2D eigenvalue weighted by Gasteiger charge is 2.35. The van der Waals surface area contributed by atoms with Gasteiger partial charge < -0.3 is 15.2 Å². The van der Waals surface area contributed by atoms with E-state index >= 15 is 0 Å². The number of nitrogens with two attached hydrogens (primary N) is 1. The predicted molar refractivity (Wildman–Crippen MR) is 89.5 cm³/mol. The summed E-state index contributed by atoms with van der Waals surface area (Å²) in [5.74, 6) is -1.55. The lowest BCUT2D eigenvalue weighted by Gasteiger charge is -2.16. The van der Waals surface area contributed by atoms with Crippen LogP contribution in [-0.4, -0.2) is 31.9 Å². The van der Waals surface area contributed by atoms with E-state index in [2.05, 4.69) is 6.07 Å². The Morgan fingerprint density at radius 3 is 2.29 bits per heavy atom. The van der Waals surface area contributed by atoms with Crippen molar-refractivity contribution in [3.8, 4) is 6.07 Å². The van der Waals surface area contributed by atoms with Crippen molar-refractivity contribution in [3.05, 3.63) is 57.6 Å². The fraction of sp³-hybridized carbons (Fsp3) is 0.235. The summed E-state index contributed by atoms with van der Waals surface area (Å²) < 4.78 is 9.51. The Balaban J connectivity index is 2.73. The fourth-order valence-corrected chi connectivity index (χ4v) is 3.50. The monoisotopic (exact) mass is 344 g/mol. The minimum atomic E-state index is -0.793. The van der Waals surface area contributed by atoms with Crippen molar-refractivity contribution in [2.75, 3.05) is 20.0 Å². The number of hydrogen-bond donors (Lipinski definition) is 1. The number of carbonyl (C=O) groups excluding carboxylic acids is 2. The highest BCUT2D eigenvalue weighted by atomic mass is 32.2. The lowest BCUT2D eigenvalue weighted by Crippen LogP contribution is -2.20. The Kier molecular flexibility index (Phi) is 5.66. The summed E-state index contributed by atoms with van der Waals surface area (Å²) in [6.07, 6.45) is 0. The standard InChI is InChI=1S/C17H16N2O4S/c1-22-16(20)13-11(8-18)12(10-6-4-3-5-7-10)9-24-15(19)14(13)17(21)23-2/h3-7,12H,9,19H2,1-2H3/t12-/m0/s1. The molecule has 0 bridgehead atoms. The number of esters is 2. The highest BCUT2D eigenvalue weighted by molar-refractivity contribution is 8.03. The van der Waals surface area contributed by atoms with E-state index in [1.54, 1.807) is 0 Å². The molecule has 0 saturated carbocycles. The van der Waals surface area contributed by atoms with Gasteiger partial charge in [0.2, 0.25) is 0 Å². The summed E-state index contributed by atoms with van der Waals surface area (Å²) in [7, 11) is 2.37. The molecule has 0 aliphatic carbocycles. The molecule has 1 aliphatic rings. The smallest absolute Gasteiger partial charge is 0.341 e. The van der Waals surface area contributed by atoms with Gasteiger partial charge in [-0.05, 0) is 5.56 Å². The molecule has 2 N–H and O–H groups in total. The van der Waals surface area contributed by atoms with Gasteiger partial charge in [-0.15, -0.1) is 11.8 Å². The summed E-state index contributed by atoms with van der Waals surface area (Å²) >= 11 is 1.20. The molecule has 7 heteroatoms. The first kappa shape index (κ1) is 17.6. The van der Waals surface area contributed by atoms with E-state index < -0.39 is 17.9 Å². The normalized spacial score (nSPS) is 17.8. The Morgan fingerprint density at radius 2 is 1.75 bits per heavy atom. The first-order valence-electron chi connectivity index (χ1n) is 7.03. The molecule has 0 radical (unpaired) electrons. The van der Waals surface area contributed by atoms with E-state index in [0.29, 0.717) is 5.75 Å². The number of methoxy groups -OCH3 is 2. The van der Waals surface area contributed by atoms with Crippen LogP contribution in [0.2, 0.25) is 0 Å². The molecule has 0 amide bonds. The van der Waals surface area contributed by atoms with Gasteiger partial charge in [-0.3, -0.25) is 0 Å². The van der Waals surface area contributed by atoms with Crippen molar-refractivity contribution in [3.63, 3.8) is 0 Å². The van der Waals surface area contributed by atoms with Crippen LogP contribution in [0.1, 0.15) is 11.5 Å². The maximum absolute atomic E-state index is 12.3. The van der Waals surface area contributed by atoms with Gasteiger partial charge in [-0.2, -0.15) is 5.26 Å². The van der Waals surface area contributed by atoms with Crippen molar-refractivity contribution in [1.29, 1.82) is 5.26 Å². The van der Waals surface area contributed by atoms with Gasteiger partial charge in [0.05, 0.1) is 36.5 Å². The molecule has 1 heterocycles. The summed E-state index contributed by atoms with van der Waals surface area (Å²) in [4.78, 5) is 24.4. The van der Waals surface area contributed by atoms with Crippen LogP contribution < -0.4 is 5.73 Å². The SMILES string of the molecule is COC(=O)C1=C(N)SC[C@@H](c2ccccc2)C(C#N)=C1C(=O)OC. The average molecular weight is 344 g/mol. The van der Waals surface area contributed by atoms with E-state index in [4.69, 9.17) is 15.2 Å². The molecule has 2 rings (SSSR count). The van der Waals surface area contributed by atoms with E-state index in [1.165, 1.54) is 26.0 Å². The van der Waals surface area contributed by atoms with Gasteiger partial charge in [0, 0.05) is 11.7 Å². The van der Waals surface area contributed by atoms with E-state index in [0.717, 1.165) is 5.56 Å². The summed E-state index contributed by atoms with van der Waals surface area (Å²) in [6.45, 7) is 0. The van der Waals surface area contributed by atoms with Crippen LogP contribution in [0, 0.1) is 11.3 Å². The fourth-order valence-electron chi connectivity index (χ4n) is 2.46. The summed E-state index contributed by atoms with van der Waals surface area (Å²) in [5, 5.41) is 9.81. The third-order valence-electron chi connectivity index (χ3n) is 3.62. The van der Waals surface area contributed by atoms with E-state index in [9.17, 15) is 14.9 Å². The topological polar surface area (TPSA) is 102 Å². The Hall–Kier alpha value is -2.72. The van der Waals surface area contributed by atoms with Crippen LogP contribution >= 0.6 is 11.8 Å². The Morgan fingerprint density at radius 1 is 1.17 bits per heavy atom. The van der Waals surface area contributed by atoms with Crippen molar-refractivity contribution >= 4 is 23.7 Å². The Bertz CT molecular complexity index is 763. The number of rotatable bonds is 3. The van der Waals surface area contributed by atoms with Gasteiger partial charge in [-0.25, -0.2) is 9.59 Å². The minimum absolute atomic E-state index is 0.121. The molecule has 0 saturated heterocycles. The Labute approximate surface area is 143 Å². The van der Waals surface area contributed by atoms with Gasteiger partial charge in [-0.1, -0.05) is 30.3 Å². The maximum Gasteiger partial charge on any atom is 0.341 e. The molecule has 6 nitrogen and oxygen atoms in total. The van der Waals surface area contributed by atoms with Crippen molar-refractivity contribution in [1.82, 2.24) is 0 Å². The second kappa shape index (κ2) is 7.70. The number of ether oxygens (including phenoxy) is 2. The summed E-state index contributed by atoms with van der Waals surface area (Å²) in [6, 6.07) is 11.3. The molecule has 0 spiro atoms. The lowest BCUT2D eigenvalue weighted by molar-refractivity contribution is -0.139. The maximum atomic E-state index is 12.3. The molecular weight excluding hydrogens is 328 g/mol. The number of thioether (sulfide) groups is 1. The van der Waals surface area contributed by atoms with Crippen molar-refractivity contribution in [2.45, 2.75) is 5.92 Å². The van der Waals surface area contributed by atoms with Crippen LogP contribution in [-0.2, 0) is 19.1 Å². The van der Waals surface area contributed by atoms with Crippen LogP contribution in [0.15, 0.2) is 52.1 Å². The summed E-state index contributed by atoms with van der Waals surface area (Å²) in [5.41, 5.74) is 6.72. The number of hydrogen-bond acceptors (Lipinski definition) is 7. The van der Waals surface area contributed by atoms with Crippen LogP contribution in [0.25, 0.3) is 0 Å². The number of carbonyl (C=O) groups is 2. The predicted octanol–water partition coefficient (Wildman–Crippen LogP) is 1.85. The third kappa shape index (κ3) is 3.29. The molecule has 0 fully saturated rings. The minimum Gasteiger partial charge on any atom is -0.465 e. The van der Waals surface area contributed by atoms with Crippen LogP contribution in [0.5, 0.6) is 0 Å². The molecule has 1 aliphatic heterocycles. The van der Waals surface area contributed by atoms with Crippen LogP contribution in [0.3, 0.4) is 0 Å². The van der Waals surface area contributed by atoms with Gasteiger partial charge in [0.1, 0.15) is 5.57 Å². The average Bonchev–Trinajstić information content (AvgIpc) is 2.77. The number of nitriles is 1. The van der Waals surface area contributed by atoms with Crippen LogP contribution in [0.4, 0.5) is 0 Å². The van der Waals surface area contributed by atoms with Crippen molar-refractivity contribution < 1.29 is 19.1 Å². The molecule has 1 aromatic rings. The van der Waals surface area contributed by atoms with Gasteiger partial charge >= 0.3 is 11.9 Å². The molecule has 124 valence electrons. The quantitative estimate of drug-likeness (QED) is 0.835. The van der Waals surface area contributed by atoms with Gasteiger partial charge in [0.25, 0.3) is 0 Å². The van der Waals surface area contributed by atoms with E-state index in [1.807, 2.05) is 30.3 Å². The zero-order valence-corrected chi connectivity index (χ0v) is 14.1. The second-order valence-corrected chi connectivity index (χ2v) is 5.96.